The van der Waals surface area contributed by atoms with Crippen LogP contribution in [0.25, 0.3) is 0 Å². The van der Waals surface area contributed by atoms with Crippen LogP contribution in [0.15, 0.2) is 22.8 Å². The largest absolute Gasteiger partial charge is 0.271 e. The van der Waals surface area contributed by atoms with Gasteiger partial charge >= 0.3 is 0 Å². The first-order chi connectivity index (χ1) is 8.74. The van der Waals surface area contributed by atoms with E-state index >= 15 is 0 Å². The Balaban J connectivity index is 2.17. The van der Waals surface area contributed by atoms with E-state index in [4.69, 9.17) is 5.84 Å². The molecule has 5 nitrogen and oxygen atoms in total. The number of aryl methyl sites for hydroxylation is 1. The van der Waals surface area contributed by atoms with Gasteiger partial charge in [-0.15, -0.1) is 5.10 Å². The topological polar surface area (TPSA) is 76.7 Å². The molecular weight excluding hydrogens is 314 g/mol. The predicted octanol–water partition coefficient (Wildman–Crippen LogP) is 2.01. The second-order valence-corrected chi connectivity index (χ2v) is 5.53. The lowest BCUT2D eigenvalue weighted by molar-refractivity contribution is 0.549. The average Bonchev–Trinajstić information content (AvgIpc) is 2.86. The molecule has 2 heterocycles. The Hall–Kier alpha value is -0.890. The third-order valence-corrected chi connectivity index (χ3v) is 3.99. The average molecular weight is 328 g/mol. The Kier molecular flexibility index (Phi) is 4.76. The van der Waals surface area contributed by atoms with Crippen LogP contribution >= 0.6 is 27.5 Å². The van der Waals surface area contributed by atoms with Gasteiger partial charge in [-0.3, -0.25) is 16.3 Å². The van der Waals surface area contributed by atoms with Gasteiger partial charge in [0.15, 0.2) is 0 Å². The van der Waals surface area contributed by atoms with Crippen LogP contribution in [0, 0.1) is 0 Å². The minimum atomic E-state index is 0.00799. The number of hydrogen-bond donors (Lipinski definition) is 2. The fourth-order valence-corrected chi connectivity index (χ4v) is 2.72. The van der Waals surface area contributed by atoms with Crippen molar-refractivity contribution in [3.05, 3.63) is 39.1 Å². The lowest BCUT2D eigenvalue weighted by atomic mass is 10.1. The van der Waals surface area contributed by atoms with E-state index in [1.54, 1.807) is 6.20 Å². The van der Waals surface area contributed by atoms with Crippen molar-refractivity contribution in [3.63, 3.8) is 0 Å². The summed E-state index contributed by atoms with van der Waals surface area (Å²) in [5.41, 5.74) is 4.80. The van der Waals surface area contributed by atoms with Crippen LogP contribution in [-0.2, 0) is 12.8 Å². The molecule has 1 atom stereocenters. The SMILES string of the molecule is CCc1nnsc1C(Cc1ccc(Br)cn1)NN. The van der Waals surface area contributed by atoms with Crippen LogP contribution < -0.4 is 11.3 Å². The van der Waals surface area contributed by atoms with Gasteiger partial charge in [0, 0.05) is 22.8 Å². The highest BCUT2D eigenvalue weighted by atomic mass is 79.9. The maximum absolute atomic E-state index is 5.63. The molecule has 0 saturated heterocycles. The molecule has 96 valence electrons. The minimum absolute atomic E-state index is 0.00799. The van der Waals surface area contributed by atoms with E-state index in [0.717, 1.165) is 33.6 Å². The zero-order valence-corrected chi connectivity index (χ0v) is 12.3. The lowest BCUT2D eigenvalue weighted by Gasteiger charge is -2.14. The molecule has 0 fully saturated rings. The Morgan fingerprint density at radius 2 is 2.33 bits per heavy atom. The zero-order valence-electron chi connectivity index (χ0n) is 9.93. The second kappa shape index (κ2) is 6.33. The summed E-state index contributed by atoms with van der Waals surface area (Å²) in [7, 11) is 0. The summed E-state index contributed by atoms with van der Waals surface area (Å²) in [5.74, 6) is 5.63. The zero-order chi connectivity index (χ0) is 13.0. The van der Waals surface area contributed by atoms with Crippen LogP contribution in [0.1, 0.15) is 29.2 Å². The van der Waals surface area contributed by atoms with Gasteiger partial charge in [0.05, 0.1) is 16.6 Å². The van der Waals surface area contributed by atoms with Gasteiger partial charge in [0.2, 0.25) is 0 Å². The molecule has 18 heavy (non-hydrogen) atoms. The number of nitrogens with two attached hydrogens (primary N) is 1. The van der Waals surface area contributed by atoms with Crippen LogP contribution in [-0.4, -0.2) is 14.6 Å². The molecule has 0 aliphatic rings. The van der Waals surface area contributed by atoms with Gasteiger partial charge in [-0.25, -0.2) is 0 Å². The maximum Gasteiger partial charge on any atom is 0.0801 e. The monoisotopic (exact) mass is 327 g/mol. The molecule has 0 saturated carbocycles. The summed E-state index contributed by atoms with van der Waals surface area (Å²) in [4.78, 5) is 5.44. The molecule has 0 aromatic carbocycles. The van der Waals surface area contributed by atoms with Crippen molar-refractivity contribution >= 4 is 27.5 Å². The number of hydrazine groups is 1. The van der Waals surface area contributed by atoms with E-state index in [2.05, 4.69) is 42.9 Å². The van der Waals surface area contributed by atoms with Crippen molar-refractivity contribution in [1.29, 1.82) is 0 Å². The third-order valence-electron chi connectivity index (χ3n) is 2.64. The van der Waals surface area contributed by atoms with Gasteiger partial charge in [0.25, 0.3) is 0 Å². The standard InChI is InChI=1S/C11H14BrN5S/c1-2-9-11(18-17-16-9)10(15-13)5-8-4-3-7(12)6-14-8/h3-4,6,10,15H,2,5,13H2,1H3. The number of nitrogens with zero attached hydrogens (tertiary/aromatic N) is 3. The summed E-state index contributed by atoms with van der Waals surface area (Å²) >= 11 is 4.76. The minimum Gasteiger partial charge on any atom is -0.271 e. The van der Waals surface area contributed by atoms with Gasteiger partial charge in [-0.1, -0.05) is 11.4 Å². The van der Waals surface area contributed by atoms with Crippen molar-refractivity contribution < 1.29 is 0 Å². The van der Waals surface area contributed by atoms with Crippen molar-refractivity contribution in [3.8, 4) is 0 Å². The highest BCUT2D eigenvalue weighted by Crippen LogP contribution is 2.23. The van der Waals surface area contributed by atoms with E-state index in [-0.39, 0.29) is 6.04 Å². The molecule has 0 spiro atoms. The molecule has 2 aromatic rings. The van der Waals surface area contributed by atoms with E-state index < -0.39 is 0 Å². The van der Waals surface area contributed by atoms with Gasteiger partial charge in [-0.05, 0) is 46.0 Å². The molecule has 2 rings (SSSR count). The first kappa shape index (κ1) is 13.5. The van der Waals surface area contributed by atoms with Gasteiger partial charge in [0.1, 0.15) is 0 Å². The summed E-state index contributed by atoms with van der Waals surface area (Å²) in [6, 6.07) is 3.96. The van der Waals surface area contributed by atoms with Crippen molar-refractivity contribution in [2.24, 2.45) is 5.84 Å². The van der Waals surface area contributed by atoms with Gasteiger partial charge < -0.3 is 0 Å². The quantitative estimate of drug-likeness (QED) is 0.648. The lowest BCUT2D eigenvalue weighted by Crippen LogP contribution is -2.29. The molecular formula is C11H14BrN5S. The molecule has 0 amide bonds. The van der Waals surface area contributed by atoms with Crippen LogP contribution in [0.3, 0.4) is 0 Å². The van der Waals surface area contributed by atoms with Crippen molar-refractivity contribution in [1.82, 2.24) is 20.0 Å². The summed E-state index contributed by atoms with van der Waals surface area (Å²) in [5, 5.41) is 4.10. The van der Waals surface area contributed by atoms with E-state index in [1.165, 1.54) is 11.5 Å². The number of aromatic nitrogens is 3. The number of halogens is 1. The van der Waals surface area contributed by atoms with E-state index in [0.29, 0.717) is 0 Å². The normalized spacial score (nSPS) is 12.6. The van der Waals surface area contributed by atoms with Crippen LogP contribution in [0.2, 0.25) is 0 Å². The van der Waals surface area contributed by atoms with Crippen molar-refractivity contribution in [2.75, 3.05) is 0 Å². The highest BCUT2D eigenvalue weighted by Gasteiger charge is 2.18. The molecule has 0 aliphatic carbocycles. The molecule has 3 N–H and O–H groups in total. The summed E-state index contributed by atoms with van der Waals surface area (Å²) in [6.07, 6.45) is 3.37. The number of nitrogens with one attached hydrogen (secondary N) is 1. The number of hydrogen-bond acceptors (Lipinski definition) is 6. The number of rotatable bonds is 5. The number of pyridine rings is 1. The highest BCUT2D eigenvalue weighted by molar-refractivity contribution is 9.10. The maximum atomic E-state index is 5.63. The van der Waals surface area contributed by atoms with Gasteiger partial charge in [-0.2, -0.15) is 0 Å². The van der Waals surface area contributed by atoms with Crippen LogP contribution in [0.5, 0.6) is 0 Å². The Morgan fingerprint density at radius 1 is 1.50 bits per heavy atom. The third kappa shape index (κ3) is 3.11. The van der Waals surface area contributed by atoms with E-state index in [9.17, 15) is 0 Å². The fourth-order valence-electron chi connectivity index (χ4n) is 1.69. The first-order valence-corrected chi connectivity index (χ1v) is 7.19. The molecule has 2 aromatic heterocycles. The Labute approximate surface area is 118 Å². The smallest absolute Gasteiger partial charge is 0.0801 e. The predicted molar refractivity (Wildman–Crippen MR) is 75.0 cm³/mol. The molecule has 7 heteroatoms. The Morgan fingerprint density at radius 3 is 2.94 bits per heavy atom. The molecule has 0 aliphatic heterocycles. The van der Waals surface area contributed by atoms with Crippen LogP contribution in [0.4, 0.5) is 0 Å². The molecule has 0 bridgehead atoms. The van der Waals surface area contributed by atoms with E-state index in [1.807, 2.05) is 12.1 Å². The van der Waals surface area contributed by atoms with Crippen molar-refractivity contribution in [2.45, 2.75) is 25.8 Å². The fraction of sp³-hybridized carbons (Fsp3) is 0.364. The Bertz CT molecular complexity index is 498. The molecule has 1 unspecified atom stereocenters. The first-order valence-electron chi connectivity index (χ1n) is 5.62. The summed E-state index contributed by atoms with van der Waals surface area (Å²) < 4.78 is 4.96. The second-order valence-electron chi connectivity index (χ2n) is 3.83. The summed E-state index contributed by atoms with van der Waals surface area (Å²) in [6.45, 7) is 2.06. The molecule has 0 radical (unpaired) electrons.